The fraction of sp³-hybridized carbons (Fsp3) is 0.474. The van der Waals surface area contributed by atoms with Crippen molar-refractivity contribution < 1.29 is 13.9 Å². The van der Waals surface area contributed by atoms with E-state index in [9.17, 15) is 9.18 Å². The molecule has 0 saturated carbocycles. The Balaban J connectivity index is 1.87. The molecule has 1 unspecified atom stereocenters. The summed E-state index contributed by atoms with van der Waals surface area (Å²) in [5, 5.41) is 7.38. The zero-order valence-corrected chi connectivity index (χ0v) is 14.9. The first kappa shape index (κ1) is 17.6. The number of carbonyl (C=O) groups excluding carboxylic acids is 1. The minimum absolute atomic E-state index is 0.0434. The molecule has 1 N–H and O–H groups in total. The van der Waals surface area contributed by atoms with Gasteiger partial charge in [-0.3, -0.25) is 9.48 Å². The Morgan fingerprint density at radius 3 is 2.52 bits per heavy atom. The minimum Gasteiger partial charge on any atom is -0.381 e. The Kier molecular flexibility index (Phi) is 4.90. The van der Waals surface area contributed by atoms with Crippen molar-refractivity contribution in [1.82, 2.24) is 15.1 Å². The third-order valence-electron chi connectivity index (χ3n) is 5.27. The summed E-state index contributed by atoms with van der Waals surface area (Å²) in [6, 6.07) is 6.09. The van der Waals surface area contributed by atoms with Crippen LogP contribution in [-0.2, 0) is 22.0 Å². The third kappa shape index (κ3) is 3.31. The Labute approximate surface area is 147 Å². The quantitative estimate of drug-likeness (QED) is 0.927. The molecule has 6 heteroatoms. The van der Waals surface area contributed by atoms with Crippen molar-refractivity contribution in [2.24, 2.45) is 7.05 Å². The van der Waals surface area contributed by atoms with Crippen LogP contribution < -0.4 is 5.32 Å². The van der Waals surface area contributed by atoms with Crippen molar-refractivity contribution >= 4 is 5.91 Å². The molecule has 1 aliphatic heterocycles. The van der Waals surface area contributed by atoms with Gasteiger partial charge in [-0.05, 0) is 44.4 Å². The van der Waals surface area contributed by atoms with Crippen LogP contribution in [0, 0.1) is 12.7 Å². The molecular weight excluding hydrogens is 321 g/mol. The monoisotopic (exact) mass is 345 g/mol. The Morgan fingerprint density at radius 1 is 1.32 bits per heavy atom. The van der Waals surface area contributed by atoms with Gasteiger partial charge in [0.25, 0.3) is 0 Å². The van der Waals surface area contributed by atoms with Gasteiger partial charge in [0.05, 0.1) is 17.7 Å². The van der Waals surface area contributed by atoms with Gasteiger partial charge < -0.3 is 10.1 Å². The lowest BCUT2D eigenvalue weighted by Crippen LogP contribution is -2.48. The van der Waals surface area contributed by atoms with Crippen molar-refractivity contribution in [2.45, 2.75) is 38.1 Å². The number of rotatable bonds is 4. The van der Waals surface area contributed by atoms with Crippen molar-refractivity contribution in [3.05, 3.63) is 53.1 Å². The molecule has 1 aromatic heterocycles. The van der Waals surface area contributed by atoms with Crippen LogP contribution in [-0.4, -0.2) is 28.9 Å². The molecule has 1 atom stereocenters. The number of benzene rings is 1. The molecule has 25 heavy (non-hydrogen) atoms. The van der Waals surface area contributed by atoms with Gasteiger partial charge in [0.15, 0.2) is 0 Å². The van der Waals surface area contributed by atoms with Crippen LogP contribution in [0.3, 0.4) is 0 Å². The minimum atomic E-state index is -0.684. The van der Waals surface area contributed by atoms with Gasteiger partial charge >= 0.3 is 0 Å². The molecule has 1 aliphatic rings. The van der Waals surface area contributed by atoms with Crippen molar-refractivity contribution in [3.8, 4) is 0 Å². The summed E-state index contributed by atoms with van der Waals surface area (Å²) in [4.78, 5) is 13.2. The van der Waals surface area contributed by atoms with Gasteiger partial charge in [-0.15, -0.1) is 0 Å². The fourth-order valence-electron chi connectivity index (χ4n) is 3.49. The molecule has 0 aliphatic carbocycles. The standard InChI is InChI=1S/C19H24FN3O2/c1-13(17-12-21-23(3)14(17)2)22-18(24)19(8-10-25-11-9-19)15-4-6-16(20)7-5-15/h4-7,12-13H,8-11H2,1-3H3,(H,22,24). The van der Waals surface area contributed by atoms with Gasteiger partial charge in [-0.1, -0.05) is 12.1 Å². The average Bonchev–Trinajstić information content (AvgIpc) is 2.95. The van der Waals surface area contributed by atoms with Gasteiger partial charge in [-0.25, -0.2) is 4.39 Å². The topological polar surface area (TPSA) is 56.1 Å². The summed E-state index contributed by atoms with van der Waals surface area (Å²) in [5.41, 5.74) is 2.17. The van der Waals surface area contributed by atoms with Crippen LogP contribution in [0.2, 0.25) is 0 Å². The second kappa shape index (κ2) is 6.96. The predicted octanol–water partition coefficient (Wildman–Crippen LogP) is 2.79. The molecular formula is C19H24FN3O2. The fourth-order valence-corrected chi connectivity index (χ4v) is 3.49. The predicted molar refractivity (Wildman–Crippen MR) is 92.6 cm³/mol. The summed E-state index contributed by atoms with van der Waals surface area (Å²) < 4.78 is 20.6. The van der Waals surface area contributed by atoms with Gasteiger partial charge in [0.2, 0.25) is 5.91 Å². The first-order chi connectivity index (χ1) is 11.9. The number of aryl methyl sites for hydroxylation is 1. The highest BCUT2D eigenvalue weighted by molar-refractivity contribution is 5.88. The summed E-state index contributed by atoms with van der Waals surface area (Å²) in [6.45, 7) is 4.98. The summed E-state index contributed by atoms with van der Waals surface area (Å²) in [6.07, 6.45) is 2.96. The number of aromatic nitrogens is 2. The molecule has 1 fully saturated rings. The first-order valence-electron chi connectivity index (χ1n) is 8.57. The number of ether oxygens (including phenoxy) is 1. The maximum absolute atomic E-state index is 13.3. The molecule has 5 nitrogen and oxygen atoms in total. The normalized spacial score (nSPS) is 17.9. The SMILES string of the molecule is Cc1c(C(C)NC(=O)C2(c3ccc(F)cc3)CCOCC2)cnn1C. The number of amides is 1. The van der Waals surface area contributed by atoms with Crippen LogP contribution in [0.1, 0.15) is 42.6 Å². The van der Waals surface area contributed by atoms with E-state index in [1.54, 1.807) is 23.0 Å². The lowest BCUT2D eigenvalue weighted by atomic mass is 9.73. The van der Waals surface area contributed by atoms with E-state index in [-0.39, 0.29) is 17.8 Å². The summed E-state index contributed by atoms with van der Waals surface area (Å²) in [7, 11) is 1.88. The van der Waals surface area contributed by atoms with Crippen LogP contribution in [0.4, 0.5) is 4.39 Å². The molecule has 1 saturated heterocycles. The zero-order chi connectivity index (χ0) is 18.0. The van der Waals surface area contributed by atoms with E-state index >= 15 is 0 Å². The van der Waals surface area contributed by atoms with E-state index in [2.05, 4.69) is 10.4 Å². The maximum atomic E-state index is 13.3. The first-order valence-corrected chi connectivity index (χ1v) is 8.57. The lowest BCUT2D eigenvalue weighted by Gasteiger charge is -2.37. The number of hydrogen-bond acceptors (Lipinski definition) is 3. The van der Waals surface area contributed by atoms with E-state index in [0.29, 0.717) is 26.1 Å². The number of halogens is 1. The summed E-state index contributed by atoms with van der Waals surface area (Å²) >= 11 is 0. The molecule has 1 amide bonds. The van der Waals surface area contributed by atoms with E-state index < -0.39 is 5.41 Å². The lowest BCUT2D eigenvalue weighted by molar-refractivity contribution is -0.131. The smallest absolute Gasteiger partial charge is 0.231 e. The van der Waals surface area contributed by atoms with Gasteiger partial charge in [0, 0.05) is 31.5 Å². The van der Waals surface area contributed by atoms with E-state index in [4.69, 9.17) is 4.74 Å². The highest BCUT2D eigenvalue weighted by Gasteiger charge is 2.42. The van der Waals surface area contributed by atoms with E-state index in [1.165, 1.54) is 12.1 Å². The van der Waals surface area contributed by atoms with Crippen LogP contribution in [0.5, 0.6) is 0 Å². The number of nitrogens with zero attached hydrogens (tertiary/aromatic N) is 2. The van der Waals surface area contributed by atoms with Crippen molar-refractivity contribution in [2.75, 3.05) is 13.2 Å². The molecule has 0 spiro atoms. The molecule has 0 bridgehead atoms. The molecule has 134 valence electrons. The number of nitrogens with one attached hydrogen (secondary N) is 1. The highest BCUT2D eigenvalue weighted by Crippen LogP contribution is 2.36. The Bertz CT molecular complexity index is 749. The molecule has 1 aromatic carbocycles. The highest BCUT2D eigenvalue weighted by atomic mass is 19.1. The average molecular weight is 345 g/mol. The second-order valence-corrected chi connectivity index (χ2v) is 6.71. The van der Waals surface area contributed by atoms with E-state index in [0.717, 1.165) is 16.8 Å². The number of hydrogen-bond donors (Lipinski definition) is 1. The third-order valence-corrected chi connectivity index (χ3v) is 5.27. The second-order valence-electron chi connectivity index (χ2n) is 6.71. The van der Waals surface area contributed by atoms with Gasteiger partial charge in [0.1, 0.15) is 5.82 Å². The van der Waals surface area contributed by atoms with Crippen LogP contribution in [0.25, 0.3) is 0 Å². The van der Waals surface area contributed by atoms with E-state index in [1.807, 2.05) is 20.9 Å². The summed E-state index contributed by atoms with van der Waals surface area (Å²) in [5.74, 6) is -0.344. The maximum Gasteiger partial charge on any atom is 0.231 e. The molecule has 2 heterocycles. The molecule has 2 aromatic rings. The Morgan fingerprint density at radius 2 is 1.96 bits per heavy atom. The largest absolute Gasteiger partial charge is 0.381 e. The number of carbonyl (C=O) groups is 1. The van der Waals surface area contributed by atoms with Crippen molar-refractivity contribution in [1.29, 1.82) is 0 Å². The molecule has 0 radical (unpaired) electrons. The van der Waals surface area contributed by atoms with Crippen molar-refractivity contribution in [3.63, 3.8) is 0 Å². The molecule has 3 rings (SSSR count). The van der Waals surface area contributed by atoms with Gasteiger partial charge in [-0.2, -0.15) is 5.10 Å². The van der Waals surface area contributed by atoms with Crippen LogP contribution in [0.15, 0.2) is 30.5 Å². The Hall–Kier alpha value is -2.21. The zero-order valence-electron chi connectivity index (χ0n) is 14.9. The van der Waals surface area contributed by atoms with Crippen LogP contribution >= 0.6 is 0 Å².